The molecule has 0 aliphatic carbocycles. The van der Waals surface area contributed by atoms with Gasteiger partial charge in [-0.15, -0.1) is 0 Å². The molecule has 0 spiro atoms. The molecular formula is C16H23F3N2O. The Bertz CT molecular complexity index is 487. The number of halogens is 3. The molecule has 1 N–H and O–H groups in total. The average Bonchev–Trinajstić information content (AvgIpc) is 2.42. The summed E-state index contributed by atoms with van der Waals surface area (Å²) < 4.78 is 38.6. The van der Waals surface area contributed by atoms with Crippen LogP contribution in [0.25, 0.3) is 0 Å². The number of carbonyl (C=O) groups is 1. The molecule has 0 heterocycles. The van der Waals surface area contributed by atoms with Crippen molar-refractivity contribution in [1.82, 2.24) is 4.90 Å². The van der Waals surface area contributed by atoms with E-state index in [0.717, 1.165) is 19.0 Å². The number of para-hydroxylation sites is 1. The van der Waals surface area contributed by atoms with Crippen molar-refractivity contribution in [3.8, 4) is 0 Å². The van der Waals surface area contributed by atoms with E-state index in [0.29, 0.717) is 12.5 Å². The second kappa shape index (κ2) is 8.17. The number of nitrogens with zero attached hydrogens (tertiary/aromatic N) is 1. The maximum atomic E-state index is 12.9. The Morgan fingerprint density at radius 3 is 2.45 bits per heavy atom. The number of likely N-dealkylation sites (N-methyl/N-ethyl adjacent to an activating group) is 1. The highest BCUT2D eigenvalue weighted by Gasteiger charge is 2.33. The first kappa shape index (κ1) is 18.5. The first-order valence-corrected chi connectivity index (χ1v) is 7.42. The summed E-state index contributed by atoms with van der Waals surface area (Å²) in [5, 5.41) is 2.37. The van der Waals surface area contributed by atoms with Gasteiger partial charge in [0.2, 0.25) is 5.91 Å². The van der Waals surface area contributed by atoms with E-state index in [1.807, 2.05) is 11.8 Å². The predicted octanol–water partition coefficient (Wildman–Crippen LogP) is 4.01. The zero-order valence-corrected chi connectivity index (χ0v) is 13.2. The van der Waals surface area contributed by atoms with Crippen LogP contribution in [0.15, 0.2) is 24.3 Å². The standard InChI is InChI=1S/C16H23F3N2O/c1-4-21(10-9-12(2)3)11-15(22)20-14-8-6-5-7-13(14)16(17,18)19/h5-8,12H,4,9-11H2,1-3H3,(H,20,22). The first-order valence-electron chi connectivity index (χ1n) is 7.42. The molecule has 1 aromatic carbocycles. The lowest BCUT2D eigenvalue weighted by Gasteiger charge is -2.21. The summed E-state index contributed by atoms with van der Waals surface area (Å²) in [6.07, 6.45) is -3.54. The fourth-order valence-corrected chi connectivity index (χ4v) is 2.02. The topological polar surface area (TPSA) is 32.3 Å². The van der Waals surface area contributed by atoms with Crippen molar-refractivity contribution < 1.29 is 18.0 Å². The molecule has 0 radical (unpaired) electrons. The molecule has 3 nitrogen and oxygen atoms in total. The molecule has 0 saturated heterocycles. The maximum absolute atomic E-state index is 12.9. The van der Waals surface area contributed by atoms with Crippen molar-refractivity contribution >= 4 is 11.6 Å². The molecule has 0 aromatic heterocycles. The first-order chi connectivity index (χ1) is 10.2. The van der Waals surface area contributed by atoms with Crippen LogP contribution in [0.5, 0.6) is 0 Å². The third-order valence-corrected chi connectivity index (χ3v) is 3.34. The summed E-state index contributed by atoms with van der Waals surface area (Å²) in [5.74, 6) is 0.0883. The zero-order chi connectivity index (χ0) is 16.8. The van der Waals surface area contributed by atoms with Gasteiger partial charge in [0.25, 0.3) is 0 Å². The number of anilines is 1. The minimum Gasteiger partial charge on any atom is -0.324 e. The summed E-state index contributed by atoms with van der Waals surface area (Å²) in [5.41, 5.74) is -1.02. The average molecular weight is 316 g/mol. The lowest BCUT2D eigenvalue weighted by Crippen LogP contribution is -2.34. The van der Waals surface area contributed by atoms with E-state index >= 15 is 0 Å². The van der Waals surface area contributed by atoms with Crippen molar-refractivity contribution in [1.29, 1.82) is 0 Å². The third kappa shape index (κ3) is 6.05. The van der Waals surface area contributed by atoms with Crippen LogP contribution in [-0.2, 0) is 11.0 Å². The minimum absolute atomic E-state index is 0.0927. The van der Waals surface area contributed by atoms with E-state index in [4.69, 9.17) is 0 Å². The predicted molar refractivity (Wildman–Crippen MR) is 81.6 cm³/mol. The van der Waals surface area contributed by atoms with E-state index in [1.54, 1.807) is 0 Å². The maximum Gasteiger partial charge on any atom is 0.418 e. The normalized spacial score (nSPS) is 12.0. The van der Waals surface area contributed by atoms with Gasteiger partial charge in [0.15, 0.2) is 0 Å². The highest BCUT2D eigenvalue weighted by molar-refractivity contribution is 5.93. The molecule has 0 bridgehead atoms. The number of amides is 1. The van der Waals surface area contributed by atoms with Crippen molar-refractivity contribution in [3.63, 3.8) is 0 Å². The van der Waals surface area contributed by atoms with Crippen LogP contribution < -0.4 is 5.32 Å². The molecule has 0 atom stereocenters. The monoisotopic (exact) mass is 316 g/mol. The van der Waals surface area contributed by atoms with Crippen LogP contribution in [-0.4, -0.2) is 30.4 Å². The van der Waals surface area contributed by atoms with Gasteiger partial charge in [0, 0.05) is 0 Å². The molecule has 1 amide bonds. The smallest absolute Gasteiger partial charge is 0.324 e. The van der Waals surface area contributed by atoms with E-state index in [1.165, 1.54) is 18.2 Å². The number of rotatable bonds is 7. The Kier molecular flexibility index (Phi) is 6.87. The fourth-order valence-electron chi connectivity index (χ4n) is 2.02. The lowest BCUT2D eigenvalue weighted by atomic mass is 10.1. The molecule has 6 heteroatoms. The highest BCUT2D eigenvalue weighted by atomic mass is 19.4. The van der Waals surface area contributed by atoms with Crippen LogP contribution in [0.3, 0.4) is 0 Å². The van der Waals surface area contributed by atoms with E-state index in [2.05, 4.69) is 19.2 Å². The van der Waals surface area contributed by atoms with Gasteiger partial charge >= 0.3 is 6.18 Å². The fraction of sp³-hybridized carbons (Fsp3) is 0.562. The minimum atomic E-state index is -4.48. The Labute approximate surface area is 129 Å². The van der Waals surface area contributed by atoms with E-state index < -0.39 is 17.6 Å². The molecule has 0 saturated carbocycles. The van der Waals surface area contributed by atoms with Crippen LogP contribution in [0.4, 0.5) is 18.9 Å². The molecule has 0 aliphatic heterocycles. The summed E-state index contributed by atoms with van der Waals surface area (Å²) >= 11 is 0. The highest BCUT2D eigenvalue weighted by Crippen LogP contribution is 2.34. The van der Waals surface area contributed by atoms with Crippen LogP contribution in [0.2, 0.25) is 0 Å². The van der Waals surface area contributed by atoms with E-state index in [9.17, 15) is 18.0 Å². The largest absolute Gasteiger partial charge is 0.418 e. The van der Waals surface area contributed by atoms with Crippen molar-refractivity contribution in [2.75, 3.05) is 25.0 Å². The summed E-state index contributed by atoms with van der Waals surface area (Å²) in [7, 11) is 0. The van der Waals surface area contributed by atoms with Crippen molar-refractivity contribution in [2.24, 2.45) is 5.92 Å². The number of nitrogens with one attached hydrogen (secondary N) is 1. The van der Waals surface area contributed by atoms with E-state index in [-0.39, 0.29) is 12.2 Å². The molecule has 0 unspecified atom stereocenters. The van der Waals surface area contributed by atoms with Crippen LogP contribution >= 0.6 is 0 Å². The van der Waals surface area contributed by atoms with Gasteiger partial charge in [0.1, 0.15) is 0 Å². The lowest BCUT2D eigenvalue weighted by molar-refractivity contribution is -0.137. The summed E-state index contributed by atoms with van der Waals surface area (Å²) in [4.78, 5) is 13.9. The summed E-state index contributed by atoms with van der Waals surface area (Å²) in [6.45, 7) is 7.64. The van der Waals surface area contributed by atoms with Gasteiger partial charge in [-0.1, -0.05) is 32.9 Å². The van der Waals surface area contributed by atoms with Gasteiger partial charge in [-0.25, -0.2) is 0 Å². The molecule has 0 fully saturated rings. The Hall–Kier alpha value is -1.56. The molecule has 22 heavy (non-hydrogen) atoms. The Morgan fingerprint density at radius 1 is 1.27 bits per heavy atom. The molecule has 1 rings (SSSR count). The second-order valence-corrected chi connectivity index (χ2v) is 5.64. The molecular weight excluding hydrogens is 293 g/mol. The van der Waals surface area contributed by atoms with Gasteiger partial charge in [-0.2, -0.15) is 13.2 Å². The molecule has 1 aromatic rings. The SMILES string of the molecule is CCN(CCC(C)C)CC(=O)Nc1ccccc1C(F)(F)F. The number of benzene rings is 1. The third-order valence-electron chi connectivity index (χ3n) is 3.34. The number of hydrogen-bond acceptors (Lipinski definition) is 2. The van der Waals surface area contributed by atoms with Crippen LogP contribution in [0.1, 0.15) is 32.8 Å². The van der Waals surface area contributed by atoms with Gasteiger partial charge in [-0.05, 0) is 37.6 Å². The summed E-state index contributed by atoms with van der Waals surface area (Å²) in [6, 6.07) is 5.01. The number of alkyl halides is 3. The zero-order valence-electron chi connectivity index (χ0n) is 13.2. The van der Waals surface area contributed by atoms with Crippen LogP contribution in [0, 0.1) is 5.92 Å². The Morgan fingerprint density at radius 2 is 1.91 bits per heavy atom. The Balaban J connectivity index is 2.69. The van der Waals surface area contributed by atoms with Crippen molar-refractivity contribution in [3.05, 3.63) is 29.8 Å². The van der Waals surface area contributed by atoms with Gasteiger partial charge in [-0.3, -0.25) is 9.69 Å². The molecule has 0 aliphatic rings. The molecule has 124 valence electrons. The van der Waals surface area contributed by atoms with Gasteiger partial charge in [0.05, 0.1) is 17.8 Å². The van der Waals surface area contributed by atoms with Gasteiger partial charge < -0.3 is 5.32 Å². The second-order valence-electron chi connectivity index (χ2n) is 5.64. The van der Waals surface area contributed by atoms with Crippen molar-refractivity contribution in [2.45, 2.75) is 33.4 Å². The quantitative estimate of drug-likeness (QED) is 0.824. The number of hydrogen-bond donors (Lipinski definition) is 1. The number of carbonyl (C=O) groups excluding carboxylic acids is 1.